The number of nitrogens with one attached hydrogen (secondary N) is 2. The average molecular weight is 417 g/mol. The second-order valence-corrected chi connectivity index (χ2v) is 9.58. The second kappa shape index (κ2) is 9.11. The van der Waals surface area contributed by atoms with Crippen molar-refractivity contribution in [1.82, 2.24) is 0 Å². The predicted octanol–water partition coefficient (Wildman–Crippen LogP) is 4.76. The molecule has 1 saturated heterocycles. The maximum atomic E-state index is 12.5. The summed E-state index contributed by atoms with van der Waals surface area (Å²) in [6.07, 6.45) is 4.15. The van der Waals surface area contributed by atoms with Gasteiger partial charge in [0, 0.05) is 35.8 Å². The van der Waals surface area contributed by atoms with Crippen molar-refractivity contribution < 1.29 is 14.3 Å². The number of anilines is 2. The summed E-state index contributed by atoms with van der Waals surface area (Å²) >= 11 is 3.27. The van der Waals surface area contributed by atoms with Crippen LogP contribution in [0.3, 0.4) is 0 Å². The highest BCUT2D eigenvalue weighted by atomic mass is 32.2. The fraction of sp³-hybridized carbons (Fsp3) is 0.429. The van der Waals surface area contributed by atoms with E-state index >= 15 is 0 Å². The minimum atomic E-state index is -0.147. The zero-order chi connectivity index (χ0) is 19.3. The molecule has 0 unspecified atom stereocenters. The molecule has 1 aromatic carbocycles. The molecular weight excluding hydrogens is 392 g/mol. The van der Waals surface area contributed by atoms with Gasteiger partial charge < -0.3 is 15.4 Å². The quantitative estimate of drug-likeness (QED) is 0.683. The van der Waals surface area contributed by atoms with Gasteiger partial charge in [0.25, 0.3) is 5.91 Å². The van der Waals surface area contributed by atoms with Crippen molar-refractivity contribution in [2.75, 3.05) is 23.8 Å². The van der Waals surface area contributed by atoms with E-state index in [1.54, 1.807) is 12.1 Å². The molecule has 0 bridgehead atoms. The first-order valence-electron chi connectivity index (χ1n) is 9.68. The minimum Gasteiger partial charge on any atom is -0.381 e. The van der Waals surface area contributed by atoms with Gasteiger partial charge in [0.2, 0.25) is 5.91 Å². The number of hydrogen-bond acceptors (Lipinski definition) is 5. The zero-order valence-electron chi connectivity index (χ0n) is 15.6. The number of rotatable bonds is 7. The molecule has 2 heterocycles. The maximum Gasteiger partial charge on any atom is 0.265 e. The van der Waals surface area contributed by atoms with E-state index in [-0.39, 0.29) is 17.7 Å². The molecule has 5 nitrogen and oxygen atoms in total. The van der Waals surface area contributed by atoms with Crippen molar-refractivity contribution in [3.8, 4) is 0 Å². The molecule has 1 saturated carbocycles. The Bertz CT molecular complexity index is 842. The number of amides is 2. The Morgan fingerprint density at radius 3 is 2.68 bits per heavy atom. The van der Waals surface area contributed by atoms with E-state index in [1.165, 1.54) is 16.9 Å². The van der Waals surface area contributed by atoms with Crippen LogP contribution in [0.25, 0.3) is 0 Å². The van der Waals surface area contributed by atoms with Gasteiger partial charge in [-0.1, -0.05) is 12.1 Å². The lowest BCUT2D eigenvalue weighted by atomic mass is 10.2. The van der Waals surface area contributed by atoms with Crippen LogP contribution in [0.15, 0.2) is 36.4 Å². The van der Waals surface area contributed by atoms with Gasteiger partial charge in [-0.3, -0.25) is 9.59 Å². The molecule has 7 heteroatoms. The van der Waals surface area contributed by atoms with Crippen LogP contribution in [-0.2, 0) is 15.3 Å². The van der Waals surface area contributed by atoms with Gasteiger partial charge in [-0.2, -0.15) is 11.8 Å². The standard InChI is InChI=1S/C21H24N2O3S2/c24-20(15-4-5-15)23-19-7-6-18(28-19)21(25)22-16-3-1-2-14(12-16)13-27-17-8-10-26-11-9-17/h1-3,6-7,12,15,17H,4-5,8-11,13H2,(H,22,25)(H,23,24). The Hall–Kier alpha value is -1.83. The molecule has 2 fully saturated rings. The Kier molecular flexibility index (Phi) is 6.34. The molecule has 1 aliphatic carbocycles. The number of thioether (sulfide) groups is 1. The lowest BCUT2D eigenvalue weighted by Crippen LogP contribution is -2.17. The summed E-state index contributed by atoms with van der Waals surface area (Å²) < 4.78 is 5.41. The fourth-order valence-corrected chi connectivity index (χ4v) is 5.02. The van der Waals surface area contributed by atoms with E-state index in [0.717, 1.165) is 55.3 Å². The van der Waals surface area contributed by atoms with E-state index in [1.807, 2.05) is 30.0 Å². The Morgan fingerprint density at radius 1 is 1.07 bits per heavy atom. The second-order valence-electron chi connectivity index (χ2n) is 7.20. The summed E-state index contributed by atoms with van der Waals surface area (Å²) in [5, 5.41) is 7.24. The first-order chi connectivity index (χ1) is 13.7. The summed E-state index contributed by atoms with van der Waals surface area (Å²) in [7, 11) is 0. The SMILES string of the molecule is O=C(Nc1cccc(CSC2CCOCC2)c1)c1ccc(NC(=O)C2CC2)s1. The summed E-state index contributed by atoms with van der Waals surface area (Å²) in [5.41, 5.74) is 2.00. The maximum absolute atomic E-state index is 12.5. The highest BCUT2D eigenvalue weighted by molar-refractivity contribution is 7.99. The highest BCUT2D eigenvalue weighted by Crippen LogP contribution is 2.32. The molecule has 0 spiro atoms. The monoisotopic (exact) mass is 416 g/mol. The molecule has 2 amide bonds. The summed E-state index contributed by atoms with van der Waals surface area (Å²) in [4.78, 5) is 25.0. The molecule has 148 valence electrons. The molecule has 1 aliphatic heterocycles. The molecule has 4 rings (SSSR count). The van der Waals surface area contributed by atoms with Crippen molar-refractivity contribution in [3.05, 3.63) is 46.8 Å². The molecule has 2 N–H and O–H groups in total. The lowest BCUT2D eigenvalue weighted by molar-refractivity contribution is -0.117. The average Bonchev–Trinajstić information content (AvgIpc) is 3.47. The normalized spacial score (nSPS) is 17.3. The zero-order valence-corrected chi connectivity index (χ0v) is 17.2. The van der Waals surface area contributed by atoms with Crippen molar-refractivity contribution in [2.45, 2.75) is 36.7 Å². The van der Waals surface area contributed by atoms with Gasteiger partial charge in [-0.25, -0.2) is 0 Å². The van der Waals surface area contributed by atoms with Crippen molar-refractivity contribution in [2.24, 2.45) is 5.92 Å². The van der Waals surface area contributed by atoms with Gasteiger partial charge in [-0.05, 0) is 55.5 Å². The van der Waals surface area contributed by atoms with Crippen LogP contribution in [-0.4, -0.2) is 30.3 Å². The first-order valence-corrected chi connectivity index (χ1v) is 11.5. The molecule has 1 aromatic heterocycles. The highest BCUT2D eigenvalue weighted by Gasteiger charge is 2.29. The molecule has 28 heavy (non-hydrogen) atoms. The van der Waals surface area contributed by atoms with Gasteiger partial charge in [0.05, 0.1) is 9.88 Å². The van der Waals surface area contributed by atoms with Crippen LogP contribution < -0.4 is 10.6 Å². The third kappa shape index (κ3) is 5.37. The van der Waals surface area contributed by atoms with E-state index in [4.69, 9.17) is 4.74 Å². The largest absolute Gasteiger partial charge is 0.381 e. The minimum absolute atomic E-state index is 0.0588. The van der Waals surface area contributed by atoms with Gasteiger partial charge >= 0.3 is 0 Å². The molecule has 2 aliphatic rings. The predicted molar refractivity (Wildman–Crippen MR) is 115 cm³/mol. The Balaban J connectivity index is 1.31. The van der Waals surface area contributed by atoms with Crippen LogP contribution >= 0.6 is 23.1 Å². The topological polar surface area (TPSA) is 67.4 Å². The fourth-order valence-electron chi connectivity index (χ4n) is 3.08. The van der Waals surface area contributed by atoms with E-state index in [9.17, 15) is 9.59 Å². The van der Waals surface area contributed by atoms with Crippen LogP contribution in [0.2, 0.25) is 0 Å². The first kappa shape index (κ1) is 19.5. The molecule has 2 aromatic rings. The number of ether oxygens (including phenoxy) is 1. The van der Waals surface area contributed by atoms with Gasteiger partial charge in [0.1, 0.15) is 0 Å². The van der Waals surface area contributed by atoms with E-state index < -0.39 is 0 Å². The van der Waals surface area contributed by atoms with Gasteiger partial charge in [-0.15, -0.1) is 11.3 Å². The Labute approximate surface area is 173 Å². The van der Waals surface area contributed by atoms with Crippen molar-refractivity contribution in [3.63, 3.8) is 0 Å². The molecular formula is C21H24N2O3S2. The van der Waals surface area contributed by atoms with Gasteiger partial charge in [0.15, 0.2) is 0 Å². The smallest absolute Gasteiger partial charge is 0.265 e. The third-order valence-electron chi connectivity index (χ3n) is 4.86. The molecule has 0 atom stereocenters. The molecule has 0 radical (unpaired) electrons. The van der Waals surface area contributed by atoms with E-state index in [2.05, 4.69) is 16.7 Å². The number of carbonyl (C=O) groups excluding carboxylic acids is 2. The lowest BCUT2D eigenvalue weighted by Gasteiger charge is -2.21. The summed E-state index contributed by atoms with van der Waals surface area (Å²) in [6, 6.07) is 11.6. The van der Waals surface area contributed by atoms with Crippen LogP contribution in [0, 0.1) is 5.92 Å². The van der Waals surface area contributed by atoms with Crippen LogP contribution in [0.4, 0.5) is 10.7 Å². The number of thiophene rings is 1. The van der Waals surface area contributed by atoms with Crippen LogP contribution in [0.5, 0.6) is 0 Å². The number of hydrogen-bond donors (Lipinski definition) is 2. The van der Waals surface area contributed by atoms with E-state index in [0.29, 0.717) is 10.1 Å². The summed E-state index contributed by atoms with van der Waals surface area (Å²) in [6.45, 7) is 1.72. The third-order valence-corrected chi connectivity index (χ3v) is 7.31. The van der Waals surface area contributed by atoms with Crippen molar-refractivity contribution >= 4 is 45.6 Å². The number of benzene rings is 1. The van der Waals surface area contributed by atoms with Crippen molar-refractivity contribution in [1.29, 1.82) is 0 Å². The summed E-state index contributed by atoms with van der Waals surface area (Å²) in [5.74, 6) is 1.00. The Morgan fingerprint density at radius 2 is 1.89 bits per heavy atom. The van der Waals surface area contributed by atoms with Crippen LogP contribution in [0.1, 0.15) is 40.9 Å². The number of carbonyl (C=O) groups is 2.